The van der Waals surface area contributed by atoms with Gasteiger partial charge in [-0.2, -0.15) is 0 Å². The molecule has 1 aromatic carbocycles. The number of hydrogen-bond acceptors (Lipinski definition) is 2. The highest BCUT2D eigenvalue weighted by molar-refractivity contribution is 5.74. The van der Waals surface area contributed by atoms with Gasteiger partial charge in [0.25, 0.3) is 0 Å². The van der Waals surface area contributed by atoms with Crippen LogP contribution in [0, 0.1) is 6.92 Å². The van der Waals surface area contributed by atoms with Gasteiger partial charge in [0.2, 0.25) is 0 Å². The van der Waals surface area contributed by atoms with Gasteiger partial charge in [0.15, 0.2) is 0 Å². The Morgan fingerprint density at radius 2 is 1.70 bits per heavy atom. The molecule has 23 heavy (non-hydrogen) atoms. The number of piperazine rings is 1. The van der Waals surface area contributed by atoms with Gasteiger partial charge in [-0.3, -0.25) is 4.90 Å². The molecule has 2 fully saturated rings. The summed E-state index contributed by atoms with van der Waals surface area (Å²) < 4.78 is 0. The zero-order valence-electron chi connectivity index (χ0n) is 14.3. The fourth-order valence-electron chi connectivity index (χ4n) is 3.73. The maximum Gasteiger partial charge on any atom is 0.317 e. The lowest BCUT2D eigenvalue weighted by Crippen LogP contribution is -2.54. The Morgan fingerprint density at radius 1 is 1.04 bits per heavy atom. The zero-order chi connectivity index (χ0) is 16.1. The molecule has 1 saturated carbocycles. The largest absolute Gasteiger partial charge is 0.334 e. The summed E-state index contributed by atoms with van der Waals surface area (Å²) in [5.74, 6) is 0. The number of hydrogen-bond donors (Lipinski definition) is 1. The van der Waals surface area contributed by atoms with E-state index in [4.69, 9.17) is 0 Å². The topological polar surface area (TPSA) is 35.6 Å². The van der Waals surface area contributed by atoms with Crippen molar-refractivity contribution in [3.8, 4) is 0 Å². The molecule has 4 nitrogen and oxygen atoms in total. The number of nitrogens with zero attached hydrogens (tertiary/aromatic N) is 2. The lowest BCUT2D eigenvalue weighted by molar-refractivity contribution is 0.0905. The molecular weight excluding hydrogens is 286 g/mol. The van der Waals surface area contributed by atoms with Crippen molar-refractivity contribution in [2.24, 2.45) is 0 Å². The molecule has 2 amide bonds. The lowest BCUT2D eigenvalue weighted by atomic mass is 9.94. The van der Waals surface area contributed by atoms with Crippen LogP contribution in [0.3, 0.4) is 0 Å². The molecule has 0 atom stereocenters. The molecule has 0 bridgehead atoms. The summed E-state index contributed by atoms with van der Waals surface area (Å²) in [6.07, 6.45) is 6.85. The standard InChI is InChI=1S/C19H29N3O/c1-16-7-9-17(10-8-16)15-20-19(23)22-13-11-21(12-14-22)18-5-3-2-4-6-18/h7-10,18H,2-6,11-15H2,1H3,(H,20,23). The van der Waals surface area contributed by atoms with Crippen LogP contribution in [0.1, 0.15) is 43.2 Å². The van der Waals surface area contributed by atoms with E-state index < -0.39 is 0 Å². The Bertz CT molecular complexity index is 500. The van der Waals surface area contributed by atoms with Gasteiger partial charge in [0, 0.05) is 38.8 Å². The number of aryl methyl sites for hydroxylation is 1. The van der Waals surface area contributed by atoms with E-state index in [-0.39, 0.29) is 6.03 Å². The molecule has 0 unspecified atom stereocenters. The molecule has 0 spiro atoms. The first kappa shape index (κ1) is 16.3. The maximum absolute atomic E-state index is 12.3. The smallest absolute Gasteiger partial charge is 0.317 e. The molecule has 126 valence electrons. The second kappa shape index (κ2) is 7.82. The van der Waals surface area contributed by atoms with E-state index >= 15 is 0 Å². The van der Waals surface area contributed by atoms with Crippen molar-refractivity contribution in [3.63, 3.8) is 0 Å². The van der Waals surface area contributed by atoms with Gasteiger partial charge in [0.1, 0.15) is 0 Å². The molecule has 1 aliphatic carbocycles. The predicted molar refractivity (Wildman–Crippen MR) is 93.4 cm³/mol. The first-order valence-electron chi connectivity index (χ1n) is 9.05. The minimum Gasteiger partial charge on any atom is -0.334 e. The second-order valence-electron chi connectivity index (χ2n) is 6.96. The van der Waals surface area contributed by atoms with Crippen LogP contribution < -0.4 is 5.32 Å². The summed E-state index contributed by atoms with van der Waals surface area (Å²) >= 11 is 0. The van der Waals surface area contributed by atoms with Crippen molar-refractivity contribution in [3.05, 3.63) is 35.4 Å². The Hall–Kier alpha value is -1.55. The number of nitrogens with one attached hydrogen (secondary N) is 1. The van der Waals surface area contributed by atoms with Crippen molar-refractivity contribution in [1.82, 2.24) is 15.1 Å². The maximum atomic E-state index is 12.3. The zero-order valence-corrected chi connectivity index (χ0v) is 14.3. The molecule has 4 heteroatoms. The van der Waals surface area contributed by atoms with Crippen molar-refractivity contribution < 1.29 is 4.79 Å². The average Bonchev–Trinajstić information content (AvgIpc) is 2.62. The number of carbonyl (C=O) groups excluding carboxylic acids is 1. The van der Waals surface area contributed by atoms with Gasteiger partial charge in [-0.25, -0.2) is 4.79 Å². The summed E-state index contributed by atoms with van der Waals surface area (Å²) in [5.41, 5.74) is 2.41. The molecule has 1 heterocycles. The van der Waals surface area contributed by atoms with Crippen LogP contribution in [-0.2, 0) is 6.54 Å². The van der Waals surface area contributed by atoms with Crippen LogP contribution in [0.15, 0.2) is 24.3 Å². The minimum atomic E-state index is 0.0777. The van der Waals surface area contributed by atoms with Crippen molar-refractivity contribution >= 4 is 6.03 Å². The van der Waals surface area contributed by atoms with E-state index in [1.54, 1.807) is 0 Å². The third-order valence-electron chi connectivity index (χ3n) is 5.26. The molecule has 1 aromatic rings. The van der Waals surface area contributed by atoms with Crippen LogP contribution in [0.2, 0.25) is 0 Å². The third kappa shape index (κ3) is 4.47. The number of urea groups is 1. The molecule has 2 aliphatic rings. The van der Waals surface area contributed by atoms with E-state index in [9.17, 15) is 4.79 Å². The van der Waals surface area contributed by atoms with Crippen LogP contribution in [0.4, 0.5) is 4.79 Å². The van der Waals surface area contributed by atoms with Crippen molar-refractivity contribution in [2.45, 2.75) is 51.6 Å². The number of amides is 2. The Kier molecular flexibility index (Phi) is 5.55. The third-order valence-corrected chi connectivity index (χ3v) is 5.26. The molecule has 0 radical (unpaired) electrons. The van der Waals surface area contributed by atoms with Gasteiger partial charge < -0.3 is 10.2 Å². The fourth-order valence-corrected chi connectivity index (χ4v) is 3.73. The average molecular weight is 315 g/mol. The molecule has 1 N–H and O–H groups in total. The molecule has 1 aliphatic heterocycles. The van der Waals surface area contributed by atoms with E-state index in [0.717, 1.165) is 37.8 Å². The number of rotatable bonds is 3. The van der Waals surface area contributed by atoms with Gasteiger partial charge in [-0.15, -0.1) is 0 Å². The summed E-state index contributed by atoms with van der Waals surface area (Å²) in [6, 6.07) is 9.18. The van der Waals surface area contributed by atoms with Gasteiger partial charge in [-0.1, -0.05) is 49.1 Å². The summed E-state index contributed by atoms with van der Waals surface area (Å²) in [7, 11) is 0. The molecule has 1 saturated heterocycles. The van der Waals surface area contributed by atoms with Crippen LogP contribution in [-0.4, -0.2) is 48.1 Å². The van der Waals surface area contributed by atoms with E-state index in [0.29, 0.717) is 6.54 Å². The Balaban J connectivity index is 1.41. The number of benzene rings is 1. The van der Waals surface area contributed by atoms with E-state index in [1.807, 2.05) is 4.90 Å². The first-order chi connectivity index (χ1) is 11.2. The highest BCUT2D eigenvalue weighted by Gasteiger charge is 2.26. The number of carbonyl (C=O) groups is 1. The van der Waals surface area contributed by atoms with Crippen LogP contribution >= 0.6 is 0 Å². The monoisotopic (exact) mass is 315 g/mol. The molecule has 3 rings (SSSR count). The lowest BCUT2D eigenvalue weighted by Gasteiger charge is -2.40. The van der Waals surface area contributed by atoms with E-state index in [2.05, 4.69) is 41.4 Å². The fraction of sp³-hybridized carbons (Fsp3) is 0.632. The van der Waals surface area contributed by atoms with Crippen molar-refractivity contribution in [1.29, 1.82) is 0 Å². The van der Waals surface area contributed by atoms with Gasteiger partial charge >= 0.3 is 6.03 Å². The minimum absolute atomic E-state index is 0.0777. The Labute approximate surface area is 139 Å². The molecular formula is C19H29N3O. The van der Waals surface area contributed by atoms with Gasteiger partial charge in [-0.05, 0) is 25.3 Å². The first-order valence-corrected chi connectivity index (χ1v) is 9.05. The second-order valence-corrected chi connectivity index (χ2v) is 6.96. The predicted octanol–water partition coefficient (Wildman–Crippen LogP) is 3.15. The van der Waals surface area contributed by atoms with Crippen molar-refractivity contribution in [2.75, 3.05) is 26.2 Å². The highest BCUT2D eigenvalue weighted by atomic mass is 16.2. The van der Waals surface area contributed by atoms with E-state index in [1.165, 1.54) is 37.7 Å². The molecule has 0 aromatic heterocycles. The SMILES string of the molecule is Cc1ccc(CNC(=O)N2CCN(C3CCCCC3)CC2)cc1. The summed E-state index contributed by atoms with van der Waals surface area (Å²) in [6.45, 7) is 6.47. The van der Waals surface area contributed by atoms with Crippen LogP contribution in [0.5, 0.6) is 0 Å². The summed E-state index contributed by atoms with van der Waals surface area (Å²) in [5, 5.41) is 3.05. The van der Waals surface area contributed by atoms with Gasteiger partial charge in [0.05, 0.1) is 0 Å². The normalized spacial score (nSPS) is 20.5. The Morgan fingerprint density at radius 3 is 2.35 bits per heavy atom. The quantitative estimate of drug-likeness (QED) is 0.930. The highest BCUT2D eigenvalue weighted by Crippen LogP contribution is 2.23. The van der Waals surface area contributed by atoms with Crippen LogP contribution in [0.25, 0.3) is 0 Å². The summed E-state index contributed by atoms with van der Waals surface area (Å²) in [4.78, 5) is 16.9.